The molecular formula is C26H37FN2. The maximum atomic E-state index is 13.9. The summed E-state index contributed by atoms with van der Waals surface area (Å²) >= 11 is 0. The monoisotopic (exact) mass is 396 g/mol. The number of hydrogen-bond donors (Lipinski definition) is 2. The number of hydrogen-bond acceptors (Lipinski definition) is 2. The van der Waals surface area contributed by atoms with E-state index < -0.39 is 0 Å². The Kier molecular flexibility index (Phi) is 9.06. The number of allylic oxidation sites excluding steroid dienone is 7. The van der Waals surface area contributed by atoms with Crippen molar-refractivity contribution in [3.8, 4) is 0 Å². The highest BCUT2D eigenvalue weighted by molar-refractivity contribution is 5.85. The minimum absolute atomic E-state index is 0.164. The van der Waals surface area contributed by atoms with E-state index in [1.165, 1.54) is 11.1 Å². The normalized spacial score (nSPS) is 18.1. The van der Waals surface area contributed by atoms with Gasteiger partial charge in [0.15, 0.2) is 0 Å². The average Bonchev–Trinajstić information content (AvgIpc) is 2.75. The Bertz CT molecular complexity index is 778. The van der Waals surface area contributed by atoms with E-state index in [-0.39, 0.29) is 11.2 Å². The van der Waals surface area contributed by atoms with Crippen molar-refractivity contribution in [3.05, 3.63) is 77.2 Å². The van der Waals surface area contributed by atoms with Crippen molar-refractivity contribution >= 4 is 5.57 Å². The molecule has 0 bridgehead atoms. The van der Waals surface area contributed by atoms with Gasteiger partial charge in [-0.25, -0.2) is 4.39 Å². The summed E-state index contributed by atoms with van der Waals surface area (Å²) in [6.45, 7) is 13.5. The van der Waals surface area contributed by atoms with Crippen LogP contribution in [-0.2, 0) is 6.42 Å². The van der Waals surface area contributed by atoms with Gasteiger partial charge in [-0.2, -0.15) is 0 Å². The Morgan fingerprint density at radius 1 is 1.24 bits per heavy atom. The molecule has 2 aliphatic rings. The van der Waals surface area contributed by atoms with Crippen molar-refractivity contribution < 1.29 is 4.39 Å². The molecule has 0 aromatic heterocycles. The first-order valence-corrected chi connectivity index (χ1v) is 10.9. The molecule has 0 amide bonds. The molecule has 0 saturated carbocycles. The van der Waals surface area contributed by atoms with Crippen molar-refractivity contribution in [3.63, 3.8) is 0 Å². The highest BCUT2D eigenvalue weighted by Gasteiger charge is 2.35. The minimum Gasteiger partial charge on any atom is -0.320 e. The molecule has 0 atom stereocenters. The third-order valence-electron chi connectivity index (χ3n) is 5.88. The molecule has 1 aromatic rings. The third-order valence-corrected chi connectivity index (χ3v) is 5.88. The lowest BCUT2D eigenvalue weighted by molar-refractivity contribution is 0.268. The van der Waals surface area contributed by atoms with Crippen LogP contribution in [0.5, 0.6) is 0 Å². The van der Waals surface area contributed by atoms with Crippen LogP contribution in [0, 0.1) is 11.2 Å². The zero-order chi connectivity index (χ0) is 21.3. The largest absolute Gasteiger partial charge is 0.320 e. The van der Waals surface area contributed by atoms with Crippen molar-refractivity contribution in [1.82, 2.24) is 10.6 Å². The molecule has 1 spiro atoms. The molecule has 0 radical (unpaired) electrons. The molecule has 1 aliphatic carbocycles. The van der Waals surface area contributed by atoms with Gasteiger partial charge in [0.2, 0.25) is 0 Å². The maximum absolute atomic E-state index is 13.9. The van der Waals surface area contributed by atoms with Crippen molar-refractivity contribution in [1.29, 1.82) is 0 Å². The highest BCUT2D eigenvalue weighted by atomic mass is 19.1. The predicted octanol–water partition coefficient (Wildman–Crippen LogP) is 5.83. The van der Waals surface area contributed by atoms with Gasteiger partial charge in [0.25, 0.3) is 0 Å². The zero-order valence-electron chi connectivity index (χ0n) is 18.6. The van der Waals surface area contributed by atoms with E-state index in [0.29, 0.717) is 0 Å². The van der Waals surface area contributed by atoms with E-state index in [9.17, 15) is 4.39 Å². The second kappa shape index (κ2) is 11.3. The Morgan fingerprint density at radius 2 is 1.93 bits per heavy atom. The van der Waals surface area contributed by atoms with E-state index in [0.717, 1.165) is 62.0 Å². The predicted molar refractivity (Wildman–Crippen MR) is 125 cm³/mol. The lowest BCUT2D eigenvalue weighted by Gasteiger charge is -2.40. The highest BCUT2D eigenvalue weighted by Crippen LogP contribution is 2.45. The average molecular weight is 397 g/mol. The van der Waals surface area contributed by atoms with Crippen molar-refractivity contribution in [2.24, 2.45) is 5.41 Å². The van der Waals surface area contributed by atoms with Gasteiger partial charge in [0.05, 0.1) is 0 Å². The molecule has 29 heavy (non-hydrogen) atoms. The lowest BCUT2D eigenvalue weighted by atomic mass is 9.67. The molecule has 3 heteroatoms. The number of fused-ring (bicyclic) bond motifs is 1. The van der Waals surface area contributed by atoms with Crippen molar-refractivity contribution in [2.45, 2.75) is 46.5 Å². The van der Waals surface area contributed by atoms with Crippen LogP contribution in [0.1, 0.15) is 51.2 Å². The number of halogens is 1. The number of piperidine rings is 1. The first-order chi connectivity index (χ1) is 14.0. The Hall–Kier alpha value is -1.97. The topological polar surface area (TPSA) is 24.1 Å². The van der Waals surface area contributed by atoms with Crippen molar-refractivity contribution in [2.75, 3.05) is 26.7 Å². The summed E-state index contributed by atoms with van der Waals surface area (Å²) in [6.07, 6.45) is 13.0. The fraction of sp³-hybridized carbons (Fsp3) is 0.462. The van der Waals surface area contributed by atoms with Crippen LogP contribution in [0.15, 0.2) is 60.2 Å². The van der Waals surface area contributed by atoms with Gasteiger partial charge in [-0.15, -0.1) is 0 Å². The van der Waals surface area contributed by atoms with Gasteiger partial charge in [0.1, 0.15) is 5.82 Å². The third kappa shape index (κ3) is 6.25. The Labute approximate surface area is 176 Å². The van der Waals surface area contributed by atoms with E-state index in [4.69, 9.17) is 0 Å². The number of benzene rings is 1. The SMILES string of the molecule is C=C(/C=C\C(=C/C)C1=CC2(CCNCC2)Cc2ccc(F)cc21)CC.CCNC. The molecule has 1 aliphatic heterocycles. The standard InChI is InChI=1S/C23H28FN.C3H9N/c1-4-17(3)6-7-18(5-2)22-16-23(10-12-25-13-11-23)15-19-8-9-20(24)14-21(19)22;1-3-4-2/h5-9,14,16,25H,3-4,10-13,15H2,1-2H3;4H,3H2,1-2H3/b7-6-,18-5+;. The fourth-order valence-corrected chi connectivity index (χ4v) is 3.92. The molecule has 0 unspecified atom stereocenters. The molecular weight excluding hydrogens is 359 g/mol. The lowest BCUT2D eigenvalue weighted by Crippen LogP contribution is -2.38. The van der Waals surface area contributed by atoms with Gasteiger partial charge in [-0.3, -0.25) is 0 Å². The second-order valence-corrected chi connectivity index (χ2v) is 7.94. The molecule has 2 nitrogen and oxygen atoms in total. The quantitative estimate of drug-likeness (QED) is 0.612. The van der Waals surface area contributed by atoms with Gasteiger partial charge in [-0.1, -0.05) is 56.4 Å². The van der Waals surface area contributed by atoms with Crippen LogP contribution in [0.25, 0.3) is 5.57 Å². The fourth-order valence-electron chi connectivity index (χ4n) is 3.92. The van der Waals surface area contributed by atoms with Gasteiger partial charge in [0, 0.05) is 0 Å². The molecule has 1 heterocycles. The summed E-state index contributed by atoms with van der Waals surface area (Å²) in [5.41, 5.74) is 5.93. The maximum Gasteiger partial charge on any atom is 0.123 e. The van der Waals surface area contributed by atoms with Crippen LogP contribution in [0.2, 0.25) is 0 Å². The first kappa shape index (κ1) is 23.3. The zero-order valence-corrected chi connectivity index (χ0v) is 18.6. The summed E-state index contributed by atoms with van der Waals surface area (Å²) < 4.78 is 13.9. The first-order valence-electron chi connectivity index (χ1n) is 10.9. The van der Waals surface area contributed by atoms with Crippen LogP contribution in [-0.4, -0.2) is 26.7 Å². The molecule has 1 aromatic carbocycles. The summed E-state index contributed by atoms with van der Waals surface area (Å²) in [5.74, 6) is -0.164. The van der Waals surface area contributed by atoms with Crippen LogP contribution < -0.4 is 10.6 Å². The van der Waals surface area contributed by atoms with Crippen LogP contribution >= 0.6 is 0 Å². The van der Waals surface area contributed by atoms with Gasteiger partial charge in [-0.05, 0) is 99.1 Å². The molecule has 1 fully saturated rings. The summed E-state index contributed by atoms with van der Waals surface area (Å²) in [7, 11) is 1.93. The van der Waals surface area contributed by atoms with Gasteiger partial charge >= 0.3 is 0 Å². The van der Waals surface area contributed by atoms with E-state index in [1.54, 1.807) is 12.1 Å². The molecule has 1 saturated heterocycles. The second-order valence-electron chi connectivity index (χ2n) is 7.94. The summed E-state index contributed by atoms with van der Waals surface area (Å²) in [6, 6.07) is 5.27. The van der Waals surface area contributed by atoms with E-state index in [1.807, 2.05) is 13.1 Å². The Morgan fingerprint density at radius 3 is 2.52 bits per heavy atom. The smallest absolute Gasteiger partial charge is 0.123 e. The minimum atomic E-state index is -0.164. The number of nitrogens with one attached hydrogen (secondary N) is 2. The van der Waals surface area contributed by atoms with E-state index >= 15 is 0 Å². The van der Waals surface area contributed by atoms with E-state index in [2.05, 4.69) is 62.3 Å². The molecule has 158 valence electrons. The van der Waals surface area contributed by atoms with Crippen LogP contribution in [0.3, 0.4) is 0 Å². The Balaban J connectivity index is 0.000000687. The summed E-state index contributed by atoms with van der Waals surface area (Å²) in [4.78, 5) is 0. The molecule has 2 N–H and O–H groups in total. The van der Waals surface area contributed by atoms with Gasteiger partial charge < -0.3 is 10.6 Å². The number of rotatable bonds is 5. The summed E-state index contributed by atoms with van der Waals surface area (Å²) in [5, 5.41) is 6.40. The molecule has 3 rings (SSSR count). The van der Waals surface area contributed by atoms with Crippen LogP contribution in [0.4, 0.5) is 4.39 Å².